The molecule has 1 unspecified atom stereocenters. The topological polar surface area (TPSA) is 65.4 Å². The van der Waals surface area contributed by atoms with Gasteiger partial charge >= 0.3 is 6.61 Å². The monoisotopic (exact) mass is 365 g/mol. The second-order valence-electron chi connectivity index (χ2n) is 5.53. The number of hydrogen-bond donors (Lipinski definition) is 1. The fourth-order valence-corrected chi connectivity index (χ4v) is 2.26. The number of ether oxygens (including phenoxy) is 2. The molecule has 0 aliphatic carbocycles. The Morgan fingerprint density at radius 3 is 2.77 bits per heavy atom. The van der Waals surface area contributed by atoms with Crippen molar-refractivity contribution >= 4 is 17.8 Å². The largest absolute Gasteiger partial charge is 0.493 e. The molecular weight excluding hydrogens is 344 g/mol. The molecule has 2 rings (SSSR count). The number of amides is 1. The maximum atomic E-state index is 12.3. The van der Waals surface area contributed by atoms with Crippen LogP contribution in [0.5, 0.6) is 11.5 Å². The Hall–Kier alpha value is -2.90. The van der Waals surface area contributed by atoms with E-state index in [-0.39, 0.29) is 23.4 Å². The van der Waals surface area contributed by atoms with Gasteiger partial charge < -0.3 is 14.8 Å². The fraction of sp³-hybridized carbons (Fsp3) is 0.333. The third-order valence-electron chi connectivity index (χ3n) is 3.76. The second kappa shape index (κ2) is 8.98. The highest BCUT2D eigenvalue weighted by molar-refractivity contribution is 6.01. The first-order valence-electron chi connectivity index (χ1n) is 8.10. The average molecular weight is 365 g/mol. The molecule has 140 valence electrons. The number of halogens is 2. The normalized spacial score (nSPS) is 12.4. The summed E-state index contributed by atoms with van der Waals surface area (Å²) in [5.74, 6) is 0.360. The van der Waals surface area contributed by atoms with E-state index in [1.807, 2.05) is 13.8 Å². The summed E-state index contributed by atoms with van der Waals surface area (Å²) >= 11 is 0. The van der Waals surface area contributed by atoms with Crippen molar-refractivity contribution in [2.24, 2.45) is 0 Å². The van der Waals surface area contributed by atoms with Gasteiger partial charge in [0.05, 0.1) is 19.3 Å². The van der Waals surface area contributed by atoms with Crippen molar-refractivity contribution in [3.05, 3.63) is 42.1 Å². The van der Waals surface area contributed by atoms with Gasteiger partial charge in [-0.2, -0.15) is 13.9 Å². The zero-order valence-electron chi connectivity index (χ0n) is 14.8. The molecule has 0 radical (unpaired) electrons. The lowest BCUT2D eigenvalue weighted by atomic mass is 10.2. The Balaban J connectivity index is 2.07. The van der Waals surface area contributed by atoms with Gasteiger partial charge in [-0.1, -0.05) is 13.0 Å². The van der Waals surface area contributed by atoms with Crippen LogP contribution < -0.4 is 14.8 Å². The number of aromatic nitrogens is 2. The van der Waals surface area contributed by atoms with Crippen LogP contribution in [0.4, 0.5) is 14.6 Å². The van der Waals surface area contributed by atoms with Crippen molar-refractivity contribution in [2.45, 2.75) is 32.9 Å². The van der Waals surface area contributed by atoms with E-state index in [1.165, 1.54) is 25.3 Å². The maximum Gasteiger partial charge on any atom is 0.387 e. The molecule has 0 fully saturated rings. The number of anilines is 1. The summed E-state index contributed by atoms with van der Waals surface area (Å²) in [4.78, 5) is 12.1. The number of rotatable bonds is 8. The van der Waals surface area contributed by atoms with Crippen LogP contribution in [0, 0.1) is 0 Å². The fourth-order valence-electron chi connectivity index (χ4n) is 2.26. The Labute approximate surface area is 150 Å². The van der Waals surface area contributed by atoms with Crippen LogP contribution in [0.2, 0.25) is 0 Å². The molecule has 0 aliphatic heterocycles. The van der Waals surface area contributed by atoms with E-state index in [2.05, 4.69) is 15.2 Å². The Kier molecular flexibility index (Phi) is 6.71. The molecule has 1 N–H and O–H groups in total. The molecule has 0 saturated heterocycles. The number of hydrogen-bond acceptors (Lipinski definition) is 4. The number of benzene rings is 1. The van der Waals surface area contributed by atoms with Crippen LogP contribution in [-0.2, 0) is 4.79 Å². The van der Waals surface area contributed by atoms with Gasteiger partial charge in [-0.25, -0.2) is 4.68 Å². The summed E-state index contributed by atoms with van der Waals surface area (Å²) in [6.45, 7) is 1.10. The zero-order valence-corrected chi connectivity index (χ0v) is 14.8. The minimum atomic E-state index is -2.94. The summed E-state index contributed by atoms with van der Waals surface area (Å²) in [7, 11) is 1.35. The van der Waals surface area contributed by atoms with E-state index >= 15 is 0 Å². The van der Waals surface area contributed by atoms with Gasteiger partial charge in [0.15, 0.2) is 11.5 Å². The van der Waals surface area contributed by atoms with E-state index in [1.54, 1.807) is 29.1 Å². The molecular formula is C18H21F2N3O3. The van der Waals surface area contributed by atoms with Crippen LogP contribution >= 0.6 is 0 Å². The van der Waals surface area contributed by atoms with Crippen LogP contribution in [0.1, 0.15) is 31.9 Å². The molecule has 26 heavy (non-hydrogen) atoms. The maximum absolute atomic E-state index is 12.3. The Bertz CT molecular complexity index is 775. The van der Waals surface area contributed by atoms with Crippen molar-refractivity contribution in [3.8, 4) is 11.5 Å². The average Bonchev–Trinajstić information content (AvgIpc) is 3.07. The van der Waals surface area contributed by atoms with Crippen LogP contribution in [-0.4, -0.2) is 29.4 Å². The van der Waals surface area contributed by atoms with Gasteiger partial charge in [0.25, 0.3) is 0 Å². The van der Waals surface area contributed by atoms with Crippen LogP contribution in [0.15, 0.2) is 36.5 Å². The number of carbonyl (C=O) groups excluding carboxylic acids is 1. The summed E-state index contributed by atoms with van der Waals surface area (Å²) in [6.07, 6.45) is 5.40. The van der Waals surface area contributed by atoms with E-state index in [4.69, 9.17) is 4.74 Å². The molecule has 1 heterocycles. The SMILES string of the molecule is CCC(C)n1nccc1NC(=O)C=Cc1ccc(OC(F)F)c(OC)c1. The molecule has 8 heteroatoms. The van der Waals surface area contributed by atoms with Gasteiger partial charge in [-0.05, 0) is 37.1 Å². The predicted molar refractivity (Wildman–Crippen MR) is 94.5 cm³/mol. The van der Waals surface area contributed by atoms with Crippen molar-refractivity contribution in [2.75, 3.05) is 12.4 Å². The third-order valence-corrected chi connectivity index (χ3v) is 3.76. The van der Waals surface area contributed by atoms with Crippen LogP contribution in [0.3, 0.4) is 0 Å². The molecule has 0 aliphatic rings. The highest BCUT2D eigenvalue weighted by atomic mass is 19.3. The van der Waals surface area contributed by atoms with E-state index < -0.39 is 6.61 Å². The number of methoxy groups -OCH3 is 1. The standard InChI is InChI=1S/C18H21F2N3O3/c1-4-12(2)23-16(9-10-21-23)22-17(24)8-6-13-5-7-14(26-18(19)20)15(11-13)25-3/h5-12,18H,4H2,1-3H3,(H,22,24). The quantitative estimate of drug-likeness (QED) is 0.715. The lowest BCUT2D eigenvalue weighted by Gasteiger charge is -2.13. The van der Waals surface area contributed by atoms with Crippen molar-refractivity contribution in [1.82, 2.24) is 9.78 Å². The van der Waals surface area contributed by atoms with Gasteiger partial charge in [0.1, 0.15) is 5.82 Å². The smallest absolute Gasteiger partial charge is 0.387 e. The van der Waals surface area contributed by atoms with E-state index in [9.17, 15) is 13.6 Å². The highest BCUT2D eigenvalue weighted by Crippen LogP contribution is 2.29. The number of carbonyl (C=O) groups is 1. The van der Waals surface area contributed by atoms with E-state index in [0.717, 1.165) is 6.42 Å². The van der Waals surface area contributed by atoms with Crippen molar-refractivity contribution in [3.63, 3.8) is 0 Å². The predicted octanol–water partition coefficient (Wildman–Crippen LogP) is 4.12. The first-order valence-corrected chi connectivity index (χ1v) is 8.10. The summed E-state index contributed by atoms with van der Waals surface area (Å²) < 4.78 is 35.8. The van der Waals surface area contributed by atoms with Gasteiger partial charge in [0, 0.05) is 12.1 Å². The molecule has 6 nitrogen and oxygen atoms in total. The number of alkyl halides is 2. The first kappa shape index (κ1) is 19.4. The lowest BCUT2D eigenvalue weighted by molar-refractivity contribution is -0.111. The molecule has 0 spiro atoms. The molecule has 1 aromatic carbocycles. The molecule has 0 bridgehead atoms. The van der Waals surface area contributed by atoms with Crippen molar-refractivity contribution in [1.29, 1.82) is 0 Å². The van der Waals surface area contributed by atoms with E-state index in [0.29, 0.717) is 11.4 Å². The summed E-state index contributed by atoms with van der Waals surface area (Å²) in [5.41, 5.74) is 0.606. The highest BCUT2D eigenvalue weighted by Gasteiger charge is 2.11. The molecule has 1 amide bonds. The second-order valence-corrected chi connectivity index (χ2v) is 5.53. The Morgan fingerprint density at radius 2 is 2.12 bits per heavy atom. The summed E-state index contributed by atoms with van der Waals surface area (Å²) in [6, 6.07) is 6.30. The van der Waals surface area contributed by atoms with Crippen molar-refractivity contribution < 1.29 is 23.0 Å². The molecule has 1 aromatic heterocycles. The van der Waals surface area contributed by atoms with Gasteiger partial charge in [-0.15, -0.1) is 0 Å². The first-order chi connectivity index (χ1) is 12.4. The number of nitrogens with one attached hydrogen (secondary N) is 1. The van der Waals surface area contributed by atoms with Crippen LogP contribution in [0.25, 0.3) is 6.08 Å². The lowest BCUT2D eigenvalue weighted by Crippen LogP contribution is -2.15. The molecule has 1 atom stereocenters. The molecule has 0 saturated carbocycles. The van der Waals surface area contributed by atoms with Gasteiger partial charge in [0.2, 0.25) is 5.91 Å². The zero-order chi connectivity index (χ0) is 19.1. The number of nitrogens with zero attached hydrogens (tertiary/aromatic N) is 2. The van der Waals surface area contributed by atoms with Gasteiger partial charge in [-0.3, -0.25) is 4.79 Å². The minimum absolute atomic E-state index is 0.0680. The summed E-state index contributed by atoms with van der Waals surface area (Å²) in [5, 5.41) is 6.96. The third kappa shape index (κ3) is 5.05. The molecule has 2 aromatic rings. The minimum Gasteiger partial charge on any atom is -0.493 e. The Morgan fingerprint density at radius 1 is 1.35 bits per heavy atom.